The summed E-state index contributed by atoms with van der Waals surface area (Å²) in [5.41, 5.74) is -4.81. The van der Waals surface area contributed by atoms with Gasteiger partial charge in [0.1, 0.15) is 0 Å². The maximum atomic E-state index is 14.3. The van der Waals surface area contributed by atoms with Crippen LogP contribution in [-0.2, 0) is 0 Å². The zero-order valence-corrected chi connectivity index (χ0v) is 13.2. The molecule has 124 valence electrons. The van der Waals surface area contributed by atoms with Crippen molar-refractivity contribution in [2.45, 2.75) is 11.8 Å². The summed E-state index contributed by atoms with van der Waals surface area (Å²) in [5.74, 6) is 0. The van der Waals surface area contributed by atoms with E-state index in [-0.39, 0.29) is 10.6 Å². The van der Waals surface area contributed by atoms with Crippen molar-refractivity contribution in [1.29, 1.82) is 0 Å². The normalized spacial score (nSPS) is 13.9. The minimum Gasteiger partial charge on any atom is -0.191 e. The summed E-state index contributed by atoms with van der Waals surface area (Å²) in [5, 5.41) is 1.42. The van der Waals surface area contributed by atoms with Gasteiger partial charge in [0.25, 0.3) is 0 Å². The minimum absolute atomic E-state index is 0.00257. The lowest BCUT2D eigenvalue weighted by Crippen LogP contribution is -2.40. The van der Waals surface area contributed by atoms with Crippen LogP contribution in [-0.4, -0.2) is 11.8 Å². The predicted molar refractivity (Wildman–Crippen MR) is 87.6 cm³/mol. The fourth-order valence-corrected chi connectivity index (χ4v) is 4.66. The molecule has 0 amide bonds. The molecular weight excluding hydrogens is 342 g/mol. The predicted octanol–water partition coefficient (Wildman–Crippen LogP) is 5.43. The second-order valence-electron chi connectivity index (χ2n) is 5.24. The lowest BCUT2D eigenvalue weighted by Gasteiger charge is -2.29. The molecule has 6 heteroatoms. The van der Waals surface area contributed by atoms with Crippen LogP contribution in [0, 0.1) is 0 Å². The Morgan fingerprint density at radius 3 is 1.79 bits per heavy atom. The highest BCUT2D eigenvalue weighted by molar-refractivity contribution is 7.74. The van der Waals surface area contributed by atoms with E-state index < -0.39 is 19.8 Å². The lowest BCUT2D eigenvalue weighted by atomic mass is 10.1. The van der Waals surface area contributed by atoms with Gasteiger partial charge in [0.05, 0.1) is 0 Å². The van der Waals surface area contributed by atoms with Crippen molar-refractivity contribution in [3.05, 3.63) is 72.8 Å². The molecule has 1 atom stereocenters. The molecule has 0 N–H and O–H groups in total. The molecule has 3 aromatic carbocycles. The monoisotopic (exact) mass is 354 g/mol. The Hall–Kier alpha value is -2.00. The molecule has 0 aromatic heterocycles. The van der Waals surface area contributed by atoms with Crippen molar-refractivity contribution in [2.24, 2.45) is 0 Å². The maximum absolute atomic E-state index is 14.3. The topological polar surface area (TPSA) is 0 Å². The van der Waals surface area contributed by atoms with E-state index in [1.807, 2.05) is 0 Å². The minimum atomic E-state index is -5.61. The second-order valence-corrected chi connectivity index (χ2v) is 7.51. The maximum Gasteiger partial charge on any atom is 0.458 e. The van der Waals surface area contributed by atoms with Crippen LogP contribution in [0.2, 0.25) is 0 Å². The van der Waals surface area contributed by atoms with Gasteiger partial charge < -0.3 is 0 Å². The van der Waals surface area contributed by atoms with E-state index in [1.54, 1.807) is 36.4 Å². The number of benzene rings is 3. The van der Waals surface area contributed by atoms with Crippen LogP contribution < -0.4 is 10.6 Å². The number of halogens is 5. The summed E-state index contributed by atoms with van der Waals surface area (Å²) in [6.45, 7) is 0. The third-order valence-corrected chi connectivity index (χ3v) is 6.05. The van der Waals surface area contributed by atoms with Crippen molar-refractivity contribution in [2.75, 3.05) is 0 Å². The van der Waals surface area contributed by atoms with Crippen molar-refractivity contribution < 1.29 is 22.0 Å². The second kappa shape index (κ2) is 6.14. The van der Waals surface area contributed by atoms with Crippen molar-refractivity contribution in [3.8, 4) is 0 Å². The fraction of sp³-hybridized carbons (Fsp3) is 0.111. The molecule has 1 unspecified atom stereocenters. The van der Waals surface area contributed by atoms with E-state index in [0.29, 0.717) is 5.39 Å². The molecule has 0 aliphatic carbocycles. The smallest absolute Gasteiger partial charge is 0.191 e. The largest absolute Gasteiger partial charge is 0.458 e. The Labute approximate surface area is 136 Å². The molecule has 3 rings (SSSR count). The van der Waals surface area contributed by atoms with Crippen LogP contribution >= 0.6 is 7.92 Å². The van der Waals surface area contributed by atoms with E-state index in [1.165, 1.54) is 36.4 Å². The van der Waals surface area contributed by atoms with Gasteiger partial charge >= 0.3 is 11.8 Å². The molecule has 0 aliphatic heterocycles. The van der Waals surface area contributed by atoms with Crippen molar-refractivity contribution in [3.63, 3.8) is 0 Å². The van der Waals surface area contributed by atoms with Gasteiger partial charge in [-0.25, -0.2) is 0 Å². The van der Waals surface area contributed by atoms with Gasteiger partial charge in [0.2, 0.25) is 0 Å². The number of alkyl halides is 5. The summed E-state index contributed by atoms with van der Waals surface area (Å²) in [7, 11) is -2.91. The van der Waals surface area contributed by atoms with E-state index in [0.717, 1.165) is 5.39 Å². The third kappa shape index (κ3) is 3.01. The summed E-state index contributed by atoms with van der Waals surface area (Å²) < 4.78 is 67.6. The molecule has 0 nitrogen and oxygen atoms in total. The first-order valence-corrected chi connectivity index (χ1v) is 8.43. The SMILES string of the molecule is FC(F)(F)C(F)(F)P(c1ccccc1)c1ccc2ccccc2c1. The Morgan fingerprint density at radius 1 is 0.583 bits per heavy atom. The Bertz CT molecular complexity index is 843. The number of hydrogen-bond donors (Lipinski definition) is 0. The summed E-state index contributed by atoms with van der Waals surface area (Å²) in [6, 6.07) is 18.5. The van der Waals surface area contributed by atoms with Gasteiger partial charge in [-0.3, -0.25) is 0 Å². The highest BCUT2D eigenvalue weighted by atomic mass is 31.1. The third-order valence-electron chi connectivity index (χ3n) is 3.63. The molecule has 0 spiro atoms. The molecule has 0 saturated heterocycles. The first kappa shape index (κ1) is 16.8. The molecule has 24 heavy (non-hydrogen) atoms. The van der Waals surface area contributed by atoms with Crippen LogP contribution in [0.3, 0.4) is 0 Å². The first-order chi connectivity index (χ1) is 11.3. The molecule has 0 fully saturated rings. The van der Waals surface area contributed by atoms with Gasteiger partial charge in [0, 0.05) is 7.92 Å². The Kier molecular flexibility index (Phi) is 4.31. The van der Waals surface area contributed by atoms with Gasteiger partial charge in [-0.15, -0.1) is 0 Å². The highest BCUT2D eigenvalue weighted by Crippen LogP contribution is 2.58. The van der Waals surface area contributed by atoms with E-state index in [2.05, 4.69) is 0 Å². The number of rotatable bonds is 3. The zero-order valence-electron chi connectivity index (χ0n) is 12.3. The van der Waals surface area contributed by atoms with Crippen LogP contribution in [0.15, 0.2) is 72.8 Å². The Morgan fingerprint density at radius 2 is 1.17 bits per heavy atom. The van der Waals surface area contributed by atoms with Crippen molar-refractivity contribution >= 4 is 29.3 Å². The average molecular weight is 354 g/mol. The summed E-state index contributed by atoms with van der Waals surface area (Å²) in [4.78, 5) is 0. The summed E-state index contributed by atoms with van der Waals surface area (Å²) >= 11 is 0. The molecular formula is C18H12F5P. The van der Waals surface area contributed by atoms with Gasteiger partial charge in [-0.05, 0) is 27.4 Å². The van der Waals surface area contributed by atoms with Crippen LogP contribution in [0.25, 0.3) is 10.8 Å². The molecule has 0 radical (unpaired) electrons. The molecule has 0 heterocycles. The number of fused-ring (bicyclic) bond motifs is 1. The number of hydrogen-bond acceptors (Lipinski definition) is 0. The quantitative estimate of drug-likeness (QED) is 0.435. The van der Waals surface area contributed by atoms with Crippen LogP contribution in [0.1, 0.15) is 0 Å². The van der Waals surface area contributed by atoms with Crippen LogP contribution in [0.4, 0.5) is 22.0 Å². The average Bonchev–Trinajstić information content (AvgIpc) is 2.55. The van der Waals surface area contributed by atoms with E-state index >= 15 is 0 Å². The van der Waals surface area contributed by atoms with Crippen molar-refractivity contribution in [1.82, 2.24) is 0 Å². The summed E-state index contributed by atoms with van der Waals surface area (Å²) in [6.07, 6.45) is -5.61. The van der Waals surface area contributed by atoms with Gasteiger partial charge in [-0.1, -0.05) is 66.7 Å². The molecule has 0 aliphatic rings. The van der Waals surface area contributed by atoms with Gasteiger partial charge in [0.15, 0.2) is 0 Å². The van der Waals surface area contributed by atoms with Gasteiger partial charge in [-0.2, -0.15) is 22.0 Å². The highest BCUT2D eigenvalue weighted by Gasteiger charge is 2.63. The zero-order chi connectivity index (χ0) is 17.4. The van der Waals surface area contributed by atoms with E-state index in [4.69, 9.17) is 0 Å². The van der Waals surface area contributed by atoms with E-state index in [9.17, 15) is 22.0 Å². The molecule has 0 bridgehead atoms. The first-order valence-electron chi connectivity index (χ1n) is 7.09. The Balaban J connectivity index is 2.20. The molecule has 3 aromatic rings. The fourth-order valence-electron chi connectivity index (χ4n) is 2.49. The van der Waals surface area contributed by atoms with Crippen LogP contribution in [0.5, 0.6) is 0 Å². The standard InChI is InChI=1S/C18H12F5P/c19-17(20,21)18(22,23)24(15-8-2-1-3-9-15)16-11-10-13-6-4-5-7-14(13)12-16/h1-12H. The lowest BCUT2D eigenvalue weighted by molar-refractivity contribution is -0.239. The molecule has 0 saturated carbocycles.